The number of hydrogen-bond donors (Lipinski definition) is 1. The summed E-state index contributed by atoms with van der Waals surface area (Å²) in [4.78, 5) is 10.7. The molecule has 0 amide bonds. The zero-order valence-corrected chi connectivity index (χ0v) is 8.80. The average Bonchev–Trinajstić information content (AvgIpc) is 2.18. The van der Waals surface area contributed by atoms with Gasteiger partial charge in [-0.3, -0.25) is 9.00 Å². The van der Waals surface area contributed by atoms with Crippen LogP contribution < -0.4 is 0 Å². The number of carboxylic acid groups (broad SMARTS) is 1. The van der Waals surface area contributed by atoms with Crippen molar-refractivity contribution in [2.75, 3.05) is 5.75 Å². The molecule has 0 aliphatic rings. The Bertz CT molecular complexity index is 361. The van der Waals surface area contributed by atoms with Crippen molar-refractivity contribution in [3.05, 3.63) is 30.1 Å². The van der Waals surface area contributed by atoms with Gasteiger partial charge in [0.25, 0.3) is 0 Å². The highest BCUT2D eigenvalue weighted by molar-refractivity contribution is 7.85. The van der Waals surface area contributed by atoms with Gasteiger partial charge < -0.3 is 5.11 Å². The van der Waals surface area contributed by atoms with E-state index in [0.29, 0.717) is 11.3 Å². The smallest absolute Gasteiger partial charge is 0.303 e. The van der Waals surface area contributed by atoms with Crippen LogP contribution in [-0.4, -0.2) is 21.0 Å². The molecule has 3 nitrogen and oxygen atoms in total. The van der Waals surface area contributed by atoms with Gasteiger partial charge in [-0.2, -0.15) is 0 Å². The topological polar surface area (TPSA) is 54.4 Å². The quantitative estimate of drug-likeness (QED) is 0.839. The minimum absolute atomic E-state index is 0.00688. The first-order chi connectivity index (χ1) is 7.09. The minimum Gasteiger partial charge on any atom is -0.481 e. The molecule has 0 heterocycles. The molecule has 0 aromatic heterocycles. The number of halogens is 1. The van der Waals surface area contributed by atoms with E-state index in [2.05, 4.69) is 0 Å². The highest BCUT2D eigenvalue weighted by Gasteiger charge is 2.05. The van der Waals surface area contributed by atoms with Crippen molar-refractivity contribution in [2.24, 2.45) is 0 Å². The van der Waals surface area contributed by atoms with Crippen LogP contribution in [0.2, 0.25) is 0 Å². The molecule has 1 unspecified atom stereocenters. The molecule has 5 heteroatoms. The summed E-state index contributed by atoms with van der Waals surface area (Å²) in [6.07, 6.45) is 0.367. The largest absolute Gasteiger partial charge is 0.481 e. The van der Waals surface area contributed by atoms with Gasteiger partial charge in [0, 0.05) is 17.1 Å². The van der Waals surface area contributed by atoms with Gasteiger partial charge in [0.1, 0.15) is 5.82 Å². The predicted molar refractivity (Wildman–Crippen MR) is 54.5 cm³/mol. The molecule has 0 aliphatic carbocycles. The van der Waals surface area contributed by atoms with Crippen LogP contribution in [-0.2, 0) is 15.6 Å². The number of aliphatic carboxylic acids is 1. The molecule has 0 saturated heterocycles. The van der Waals surface area contributed by atoms with E-state index in [4.69, 9.17) is 5.11 Å². The van der Waals surface area contributed by atoms with E-state index >= 15 is 0 Å². The Morgan fingerprint density at radius 1 is 1.33 bits per heavy atom. The first-order valence-corrected chi connectivity index (χ1v) is 5.77. The predicted octanol–water partition coefficient (Wildman–Crippen LogP) is 1.80. The van der Waals surface area contributed by atoms with E-state index < -0.39 is 16.8 Å². The second-order valence-electron chi connectivity index (χ2n) is 3.00. The van der Waals surface area contributed by atoms with Crippen molar-refractivity contribution >= 4 is 16.8 Å². The molecule has 1 aromatic rings. The Morgan fingerprint density at radius 3 is 2.47 bits per heavy atom. The van der Waals surface area contributed by atoms with Gasteiger partial charge in [0.15, 0.2) is 0 Å². The molecular formula is C10H11FO3S. The van der Waals surface area contributed by atoms with E-state index in [1.807, 2.05) is 0 Å². The molecule has 0 fully saturated rings. The summed E-state index contributed by atoms with van der Waals surface area (Å²) in [5.74, 6) is -0.981. The van der Waals surface area contributed by atoms with E-state index in [-0.39, 0.29) is 18.0 Å². The maximum absolute atomic E-state index is 12.5. The summed E-state index contributed by atoms with van der Waals surface area (Å²) < 4.78 is 24.1. The molecule has 0 radical (unpaired) electrons. The van der Waals surface area contributed by atoms with Gasteiger partial charge in [0.2, 0.25) is 0 Å². The van der Waals surface area contributed by atoms with Crippen LogP contribution in [0.5, 0.6) is 0 Å². The molecule has 15 heavy (non-hydrogen) atoms. The summed E-state index contributed by atoms with van der Waals surface area (Å²) in [6.45, 7) is 0. The lowest BCUT2D eigenvalue weighted by atomic mass is 10.3. The first kappa shape index (κ1) is 11.8. The van der Waals surface area contributed by atoms with E-state index in [1.165, 1.54) is 24.3 Å². The van der Waals surface area contributed by atoms with Gasteiger partial charge in [0.05, 0.1) is 10.8 Å². The summed E-state index contributed by atoms with van der Waals surface area (Å²) in [5, 5.41) is 8.38. The molecule has 0 aliphatic heterocycles. The maximum atomic E-state index is 12.5. The number of benzene rings is 1. The fourth-order valence-corrected chi connectivity index (χ4v) is 2.14. The van der Waals surface area contributed by atoms with Gasteiger partial charge in [-0.15, -0.1) is 0 Å². The van der Waals surface area contributed by atoms with E-state index in [1.54, 1.807) is 0 Å². The fraction of sp³-hybridized carbons (Fsp3) is 0.300. The Labute approximate surface area is 89.4 Å². The standard InChI is InChI=1S/C10H11FO3S/c11-8-3-5-9(6-4-8)15(14)7-1-2-10(12)13/h3-6H,1-2,7H2,(H,12,13). The fourth-order valence-electron chi connectivity index (χ4n) is 1.06. The van der Waals surface area contributed by atoms with Crippen LogP contribution in [0.1, 0.15) is 12.8 Å². The van der Waals surface area contributed by atoms with E-state index in [9.17, 15) is 13.4 Å². The Hall–Kier alpha value is -1.23. The molecule has 1 atom stereocenters. The molecular weight excluding hydrogens is 219 g/mol. The molecule has 82 valence electrons. The third-order valence-corrected chi connectivity index (χ3v) is 3.25. The van der Waals surface area contributed by atoms with Gasteiger partial charge in [-0.1, -0.05) is 0 Å². The van der Waals surface area contributed by atoms with Gasteiger partial charge in [-0.05, 0) is 30.7 Å². The second-order valence-corrected chi connectivity index (χ2v) is 4.57. The summed E-state index contributed by atoms with van der Waals surface area (Å²) >= 11 is 0. The third kappa shape index (κ3) is 4.20. The lowest BCUT2D eigenvalue weighted by Crippen LogP contribution is -2.02. The molecule has 0 bridgehead atoms. The highest BCUT2D eigenvalue weighted by atomic mass is 32.2. The Balaban J connectivity index is 2.47. The van der Waals surface area contributed by atoms with Crippen molar-refractivity contribution in [1.82, 2.24) is 0 Å². The van der Waals surface area contributed by atoms with E-state index in [0.717, 1.165) is 0 Å². The number of carbonyl (C=O) groups is 1. The Morgan fingerprint density at radius 2 is 1.93 bits per heavy atom. The summed E-state index contributed by atoms with van der Waals surface area (Å²) in [5.41, 5.74) is 0. The summed E-state index contributed by atoms with van der Waals surface area (Å²) in [6, 6.07) is 5.38. The van der Waals surface area contributed by atoms with Crippen molar-refractivity contribution in [3.63, 3.8) is 0 Å². The van der Waals surface area contributed by atoms with Gasteiger partial charge in [-0.25, -0.2) is 4.39 Å². The molecule has 0 saturated carbocycles. The zero-order chi connectivity index (χ0) is 11.3. The zero-order valence-electron chi connectivity index (χ0n) is 7.98. The van der Waals surface area contributed by atoms with Crippen LogP contribution in [0.25, 0.3) is 0 Å². The monoisotopic (exact) mass is 230 g/mol. The van der Waals surface area contributed by atoms with Crippen LogP contribution in [0.4, 0.5) is 4.39 Å². The lowest BCUT2D eigenvalue weighted by Gasteiger charge is -2.00. The van der Waals surface area contributed by atoms with Crippen LogP contribution in [0.3, 0.4) is 0 Å². The number of hydrogen-bond acceptors (Lipinski definition) is 2. The number of carboxylic acids is 1. The lowest BCUT2D eigenvalue weighted by molar-refractivity contribution is -0.137. The van der Waals surface area contributed by atoms with Crippen molar-refractivity contribution in [3.8, 4) is 0 Å². The van der Waals surface area contributed by atoms with Crippen molar-refractivity contribution in [2.45, 2.75) is 17.7 Å². The highest BCUT2D eigenvalue weighted by Crippen LogP contribution is 2.09. The molecule has 0 spiro atoms. The Kier molecular flexibility index (Phi) is 4.42. The van der Waals surface area contributed by atoms with Crippen LogP contribution in [0.15, 0.2) is 29.2 Å². The second kappa shape index (κ2) is 5.60. The molecule has 1 aromatic carbocycles. The minimum atomic E-state index is -1.24. The van der Waals surface area contributed by atoms with Crippen LogP contribution >= 0.6 is 0 Å². The maximum Gasteiger partial charge on any atom is 0.303 e. The summed E-state index contributed by atoms with van der Waals surface area (Å²) in [7, 11) is -1.24. The molecule has 1 N–H and O–H groups in total. The number of rotatable bonds is 5. The third-order valence-electron chi connectivity index (χ3n) is 1.80. The first-order valence-electron chi connectivity index (χ1n) is 4.45. The van der Waals surface area contributed by atoms with Crippen LogP contribution in [0, 0.1) is 5.82 Å². The average molecular weight is 230 g/mol. The normalized spacial score (nSPS) is 12.3. The SMILES string of the molecule is O=C(O)CCCS(=O)c1ccc(F)cc1. The van der Waals surface area contributed by atoms with Crippen molar-refractivity contribution < 1.29 is 18.5 Å². The molecule has 1 rings (SSSR count). The van der Waals surface area contributed by atoms with Gasteiger partial charge >= 0.3 is 5.97 Å². The van der Waals surface area contributed by atoms with Crippen molar-refractivity contribution in [1.29, 1.82) is 0 Å².